The molecule has 0 spiro atoms. The normalized spacial score (nSPS) is 24.6. The predicted molar refractivity (Wildman–Crippen MR) is 136 cm³/mol. The quantitative estimate of drug-likeness (QED) is 0.529. The smallest absolute Gasteiger partial charge is 0.338 e. The summed E-state index contributed by atoms with van der Waals surface area (Å²) in [6, 6.07) is 7.02. The minimum absolute atomic E-state index is 0.272. The van der Waals surface area contributed by atoms with E-state index in [9.17, 15) is 4.79 Å². The zero-order chi connectivity index (χ0) is 23.5. The van der Waals surface area contributed by atoms with Crippen LogP contribution in [0.3, 0.4) is 0 Å². The second-order valence-electron chi connectivity index (χ2n) is 10.9. The van der Waals surface area contributed by atoms with E-state index in [4.69, 9.17) is 4.74 Å². The highest BCUT2D eigenvalue weighted by atomic mass is 16.5. The molecule has 6 nitrogen and oxygen atoms in total. The van der Waals surface area contributed by atoms with Gasteiger partial charge in [0.25, 0.3) is 0 Å². The van der Waals surface area contributed by atoms with Gasteiger partial charge in [-0.2, -0.15) is 0 Å². The first-order chi connectivity index (χ1) is 16.6. The lowest BCUT2D eigenvalue weighted by atomic mass is 9.84. The lowest BCUT2D eigenvalue weighted by molar-refractivity contribution is 0.0526. The molecular weight excluding hydrogens is 424 g/mol. The zero-order valence-electron chi connectivity index (χ0n) is 21.1. The maximum Gasteiger partial charge on any atom is 0.338 e. The minimum atomic E-state index is -0.272. The second-order valence-corrected chi connectivity index (χ2v) is 10.9. The number of likely N-dealkylation sites (tertiary alicyclic amines) is 2. The van der Waals surface area contributed by atoms with Gasteiger partial charge in [-0.15, -0.1) is 0 Å². The number of imidazole rings is 1. The van der Waals surface area contributed by atoms with E-state index in [1.54, 1.807) is 0 Å². The molecule has 1 aromatic carbocycles. The molecule has 0 amide bonds. The first kappa shape index (κ1) is 23.8. The van der Waals surface area contributed by atoms with Crippen molar-refractivity contribution in [2.24, 2.45) is 11.8 Å². The van der Waals surface area contributed by atoms with Crippen LogP contribution in [-0.4, -0.2) is 70.7 Å². The van der Waals surface area contributed by atoms with Crippen LogP contribution in [0.1, 0.15) is 81.6 Å². The van der Waals surface area contributed by atoms with Crippen LogP contribution < -0.4 is 0 Å². The van der Waals surface area contributed by atoms with E-state index in [0.717, 1.165) is 28.9 Å². The predicted octanol–water partition coefficient (Wildman–Crippen LogP) is 5.14. The molecule has 0 radical (unpaired) electrons. The summed E-state index contributed by atoms with van der Waals surface area (Å²) in [5.41, 5.74) is 2.58. The number of rotatable bonds is 7. The van der Waals surface area contributed by atoms with Crippen LogP contribution in [0, 0.1) is 11.8 Å². The van der Waals surface area contributed by atoms with Crippen molar-refractivity contribution in [3.8, 4) is 0 Å². The highest BCUT2D eigenvalue weighted by Crippen LogP contribution is 2.33. The minimum Gasteiger partial charge on any atom is -0.462 e. The van der Waals surface area contributed by atoms with Crippen LogP contribution >= 0.6 is 0 Å². The van der Waals surface area contributed by atoms with Gasteiger partial charge in [-0.1, -0.05) is 19.3 Å². The largest absolute Gasteiger partial charge is 0.462 e. The van der Waals surface area contributed by atoms with Crippen LogP contribution in [0.4, 0.5) is 0 Å². The van der Waals surface area contributed by atoms with Crippen molar-refractivity contribution < 1.29 is 9.53 Å². The number of aromatic nitrogens is 2. The molecule has 3 aliphatic rings. The summed E-state index contributed by atoms with van der Waals surface area (Å²) in [6.45, 7) is 10.9. The third kappa shape index (κ3) is 5.18. The Morgan fingerprint density at radius 1 is 1.09 bits per heavy atom. The molecule has 1 saturated carbocycles. The molecule has 3 fully saturated rings. The molecule has 0 bridgehead atoms. The highest BCUT2D eigenvalue weighted by molar-refractivity contribution is 5.93. The van der Waals surface area contributed by atoms with Crippen LogP contribution in [0.25, 0.3) is 11.0 Å². The fourth-order valence-corrected chi connectivity index (χ4v) is 6.71. The second kappa shape index (κ2) is 10.8. The van der Waals surface area contributed by atoms with Crippen molar-refractivity contribution in [3.63, 3.8) is 0 Å². The van der Waals surface area contributed by atoms with Crippen LogP contribution in [0.15, 0.2) is 24.5 Å². The van der Waals surface area contributed by atoms with Gasteiger partial charge in [-0.05, 0) is 82.5 Å². The number of hydrogen-bond acceptors (Lipinski definition) is 5. The van der Waals surface area contributed by atoms with Gasteiger partial charge < -0.3 is 19.1 Å². The Hall–Kier alpha value is -1.92. The van der Waals surface area contributed by atoms with E-state index in [0.29, 0.717) is 18.2 Å². The summed E-state index contributed by atoms with van der Waals surface area (Å²) in [4.78, 5) is 22.1. The highest BCUT2D eigenvalue weighted by Gasteiger charge is 2.32. The number of ether oxygens (including phenoxy) is 1. The molecule has 2 aromatic rings. The number of hydrogen-bond donors (Lipinski definition) is 0. The summed E-state index contributed by atoms with van der Waals surface area (Å²) in [6.07, 6.45) is 12.9. The third-order valence-electron chi connectivity index (χ3n) is 8.78. The molecule has 2 unspecified atom stereocenters. The Balaban J connectivity index is 1.12. The average molecular weight is 467 g/mol. The number of carbonyl (C=O) groups excluding carboxylic acids is 1. The topological polar surface area (TPSA) is 50.6 Å². The van der Waals surface area contributed by atoms with Gasteiger partial charge in [-0.25, -0.2) is 9.78 Å². The molecule has 2 atom stereocenters. The SMILES string of the molecule is CCOC(=O)c1ccc2c(c1)ncn2C1CCN(CC2CCN(C(C)C3CCCCC3)C2)CC1. The van der Waals surface area contributed by atoms with Gasteiger partial charge in [0.15, 0.2) is 0 Å². The lowest BCUT2D eigenvalue weighted by Gasteiger charge is -2.36. The molecular formula is C28H42N4O2. The Morgan fingerprint density at radius 2 is 1.88 bits per heavy atom. The van der Waals surface area contributed by atoms with Gasteiger partial charge in [0, 0.05) is 38.3 Å². The summed E-state index contributed by atoms with van der Waals surface area (Å²) in [5.74, 6) is 1.49. The van der Waals surface area contributed by atoms with E-state index >= 15 is 0 Å². The number of benzene rings is 1. The van der Waals surface area contributed by atoms with Gasteiger partial charge in [0.1, 0.15) is 0 Å². The summed E-state index contributed by atoms with van der Waals surface area (Å²) in [5, 5.41) is 0. The summed E-state index contributed by atoms with van der Waals surface area (Å²) >= 11 is 0. The molecule has 1 aromatic heterocycles. The van der Waals surface area contributed by atoms with Gasteiger partial charge in [0.2, 0.25) is 0 Å². The molecule has 3 heterocycles. The molecule has 6 heteroatoms. The van der Waals surface area contributed by atoms with E-state index < -0.39 is 0 Å². The summed E-state index contributed by atoms with van der Waals surface area (Å²) in [7, 11) is 0. The van der Waals surface area contributed by atoms with Crippen molar-refractivity contribution in [2.45, 2.75) is 77.3 Å². The number of esters is 1. The summed E-state index contributed by atoms with van der Waals surface area (Å²) < 4.78 is 7.46. The van der Waals surface area contributed by atoms with E-state index in [1.165, 1.54) is 84.1 Å². The fourth-order valence-electron chi connectivity index (χ4n) is 6.71. The van der Waals surface area contributed by atoms with Crippen molar-refractivity contribution >= 4 is 17.0 Å². The molecule has 0 N–H and O–H groups in total. The number of nitrogens with zero attached hydrogens (tertiary/aromatic N) is 4. The van der Waals surface area contributed by atoms with Gasteiger partial charge >= 0.3 is 5.97 Å². The van der Waals surface area contributed by atoms with Crippen LogP contribution in [-0.2, 0) is 4.74 Å². The first-order valence-electron chi connectivity index (χ1n) is 13.7. The molecule has 1 aliphatic carbocycles. The zero-order valence-corrected chi connectivity index (χ0v) is 21.1. The molecule has 2 aliphatic heterocycles. The Kier molecular flexibility index (Phi) is 7.55. The first-order valence-corrected chi connectivity index (χ1v) is 13.7. The number of piperidine rings is 1. The maximum absolute atomic E-state index is 12.0. The molecule has 186 valence electrons. The number of fused-ring (bicyclic) bond motifs is 1. The van der Waals surface area contributed by atoms with Crippen molar-refractivity contribution in [1.82, 2.24) is 19.4 Å². The lowest BCUT2D eigenvalue weighted by Crippen LogP contribution is -2.40. The van der Waals surface area contributed by atoms with Gasteiger partial charge in [-0.3, -0.25) is 0 Å². The van der Waals surface area contributed by atoms with Crippen LogP contribution in [0.5, 0.6) is 0 Å². The Morgan fingerprint density at radius 3 is 2.65 bits per heavy atom. The average Bonchev–Trinajstić information content (AvgIpc) is 3.52. The number of carbonyl (C=O) groups is 1. The Labute approximate surface area is 204 Å². The molecule has 5 rings (SSSR count). The van der Waals surface area contributed by atoms with E-state index in [-0.39, 0.29) is 5.97 Å². The monoisotopic (exact) mass is 466 g/mol. The maximum atomic E-state index is 12.0. The van der Waals surface area contributed by atoms with Crippen molar-refractivity contribution in [1.29, 1.82) is 0 Å². The van der Waals surface area contributed by atoms with Crippen molar-refractivity contribution in [2.75, 3.05) is 39.3 Å². The van der Waals surface area contributed by atoms with Crippen molar-refractivity contribution in [3.05, 3.63) is 30.1 Å². The Bertz CT molecular complexity index is 958. The molecule has 2 saturated heterocycles. The molecule has 34 heavy (non-hydrogen) atoms. The third-order valence-corrected chi connectivity index (χ3v) is 8.78. The van der Waals surface area contributed by atoms with E-state index in [2.05, 4.69) is 26.3 Å². The van der Waals surface area contributed by atoms with Crippen LogP contribution in [0.2, 0.25) is 0 Å². The van der Waals surface area contributed by atoms with Gasteiger partial charge in [0.05, 0.1) is 29.5 Å². The van der Waals surface area contributed by atoms with E-state index in [1.807, 2.05) is 31.5 Å². The standard InChI is InChI=1S/C28H42N4O2/c1-3-34-28(33)24-9-10-27-26(17-24)29-20-32(27)25-12-14-30(15-13-25)18-22-11-16-31(19-22)21(2)23-7-5-4-6-8-23/h9-10,17,20-23,25H,3-8,11-16,18-19H2,1-2H3. The fraction of sp³-hybridized carbons (Fsp3) is 0.714.